The first-order chi connectivity index (χ1) is 9.24. The minimum absolute atomic E-state index is 0.108. The van der Waals surface area contributed by atoms with Crippen LogP contribution in [0.15, 0.2) is 0 Å². The van der Waals surface area contributed by atoms with Crippen LogP contribution in [0.2, 0.25) is 0 Å². The summed E-state index contributed by atoms with van der Waals surface area (Å²) in [6.07, 6.45) is 6.34. The smallest absolute Gasteiger partial charge is 0.225 e. The Morgan fingerprint density at radius 3 is 2.84 bits per heavy atom. The minimum atomic E-state index is 0.108. The lowest BCUT2D eigenvalue weighted by molar-refractivity contribution is -0.138. The average molecular weight is 267 g/mol. The number of carbonyl (C=O) groups excluding carboxylic acids is 2. The van der Waals surface area contributed by atoms with Crippen LogP contribution in [0.25, 0.3) is 0 Å². The van der Waals surface area contributed by atoms with Crippen LogP contribution in [-0.2, 0) is 14.3 Å². The van der Waals surface area contributed by atoms with E-state index in [0.717, 1.165) is 38.6 Å². The van der Waals surface area contributed by atoms with Gasteiger partial charge in [0, 0.05) is 31.5 Å². The zero-order valence-corrected chi connectivity index (χ0v) is 11.9. The van der Waals surface area contributed by atoms with Gasteiger partial charge in [-0.1, -0.05) is 0 Å². The second-order valence-corrected chi connectivity index (χ2v) is 5.56. The number of carbonyl (C=O) groups is 2. The van der Waals surface area contributed by atoms with Crippen molar-refractivity contribution in [3.05, 3.63) is 0 Å². The molecule has 0 radical (unpaired) electrons. The molecule has 0 N–H and O–H groups in total. The fourth-order valence-corrected chi connectivity index (χ4v) is 3.38. The molecular formula is C15H25NO3. The van der Waals surface area contributed by atoms with Gasteiger partial charge in [-0.25, -0.2) is 0 Å². The molecule has 4 nitrogen and oxygen atoms in total. The lowest BCUT2D eigenvalue weighted by Crippen LogP contribution is -2.48. The van der Waals surface area contributed by atoms with Gasteiger partial charge < -0.3 is 9.64 Å². The molecule has 2 atom stereocenters. The molecule has 108 valence electrons. The van der Waals surface area contributed by atoms with Crippen LogP contribution in [0.1, 0.15) is 51.9 Å². The van der Waals surface area contributed by atoms with E-state index in [0.29, 0.717) is 31.8 Å². The summed E-state index contributed by atoms with van der Waals surface area (Å²) in [4.78, 5) is 26.2. The molecule has 19 heavy (non-hydrogen) atoms. The second-order valence-electron chi connectivity index (χ2n) is 5.56. The van der Waals surface area contributed by atoms with Crippen LogP contribution >= 0.6 is 0 Å². The Bertz CT molecular complexity index is 329. The van der Waals surface area contributed by atoms with E-state index in [2.05, 4.69) is 0 Å². The predicted octanol–water partition coefficient (Wildman–Crippen LogP) is 2.16. The summed E-state index contributed by atoms with van der Waals surface area (Å²) in [6.45, 7) is 3.90. The molecule has 0 aromatic heterocycles. The first kappa shape index (κ1) is 14.5. The van der Waals surface area contributed by atoms with Gasteiger partial charge in [0.15, 0.2) is 0 Å². The summed E-state index contributed by atoms with van der Waals surface area (Å²) in [5.74, 6) is 0.642. The summed E-state index contributed by atoms with van der Waals surface area (Å²) in [6, 6.07) is 0.165. The highest BCUT2D eigenvalue weighted by molar-refractivity contribution is 5.85. The summed E-state index contributed by atoms with van der Waals surface area (Å²) in [5, 5.41) is 0. The molecule has 1 saturated carbocycles. The SMILES string of the molecule is CCOCCC(=O)N1CCCCC1C1CCCC1=O. The van der Waals surface area contributed by atoms with Gasteiger partial charge in [0.2, 0.25) is 5.91 Å². The first-order valence-electron chi connectivity index (χ1n) is 7.64. The molecule has 1 saturated heterocycles. The third-order valence-electron chi connectivity index (χ3n) is 4.35. The molecule has 1 heterocycles. The maximum atomic E-state index is 12.3. The Hall–Kier alpha value is -0.900. The molecule has 0 aromatic carbocycles. The van der Waals surface area contributed by atoms with Gasteiger partial charge >= 0.3 is 0 Å². The van der Waals surface area contributed by atoms with Gasteiger partial charge in [-0.2, -0.15) is 0 Å². The van der Waals surface area contributed by atoms with Gasteiger partial charge in [0.1, 0.15) is 5.78 Å². The Morgan fingerprint density at radius 2 is 2.16 bits per heavy atom. The van der Waals surface area contributed by atoms with E-state index in [1.165, 1.54) is 0 Å². The zero-order valence-electron chi connectivity index (χ0n) is 11.9. The molecule has 1 amide bonds. The normalized spacial score (nSPS) is 27.8. The van der Waals surface area contributed by atoms with Crippen LogP contribution in [0.4, 0.5) is 0 Å². The Morgan fingerprint density at radius 1 is 1.32 bits per heavy atom. The summed E-state index contributed by atoms with van der Waals surface area (Å²) in [5.41, 5.74) is 0. The quantitative estimate of drug-likeness (QED) is 0.717. The number of nitrogens with zero attached hydrogens (tertiary/aromatic N) is 1. The summed E-state index contributed by atoms with van der Waals surface area (Å²) >= 11 is 0. The molecule has 2 rings (SSSR count). The van der Waals surface area contributed by atoms with Gasteiger partial charge in [-0.15, -0.1) is 0 Å². The van der Waals surface area contributed by atoms with E-state index in [1.54, 1.807) is 0 Å². The first-order valence-corrected chi connectivity index (χ1v) is 7.64. The molecular weight excluding hydrogens is 242 g/mol. The number of rotatable bonds is 5. The highest BCUT2D eigenvalue weighted by atomic mass is 16.5. The molecule has 0 spiro atoms. The standard InChI is InChI=1S/C15H25NO3/c1-2-19-11-9-15(18)16-10-4-3-7-13(16)12-6-5-8-14(12)17/h12-13H,2-11H2,1H3. The van der Waals surface area contributed by atoms with Crippen molar-refractivity contribution in [2.24, 2.45) is 5.92 Å². The number of piperidine rings is 1. The topological polar surface area (TPSA) is 46.6 Å². The van der Waals surface area contributed by atoms with Crippen LogP contribution in [0.5, 0.6) is 0 Å². The number of ether oxygens (including phenoxy) is 1. The van der Waals surface area contributed by atoms with Crippen LogP contribution in [0, 0.1) is 5.92 Å². The molecule has 2 aliphatic rings. The molecule has 2 fully saturated rings. The minimum Gasteiger partial charge on any atom is -0.381 e. The molecule has 4 heteroatoms. The van der Waals surface area contributed by atoms with Crippen molar-refractivity contribution in [3.8, 4) is 0 Å². The maximum Gasteiger partial charge on any atom is 0.225 e. The maximum absolute atomic E-state index is 12.3. The van der Waals surface area contributed by atoms with E-state index < -0.39 is 0 Å². The molecule has 0 aromatic rings. The number of amides is 1. The van der Waals surface area contributed by atoms with E-state index in [1.807, 2.05) is 11.8 Å². The Balaban J connectivity index is 1.95. The van der Waals surface area contributed by atoms with E-state index in [9.17, 15) is 9.59 Å². The number of hydrogen-bond donors (Lipinski definition) is 0. The number of ketones is 1. The van der Waals surface area contributed by atoms with E-state index in [-0.39, 0.29) is 17.9 Å². The van der Waals surface area contributed by atoms with Crippen molar-refractivity contribution in [1.29, 1.82) is 0 Å². The largest absolute Gasteiger partial charge is 0.381 e. The van der Waals surface area contributed by atoms with Crippen molar-refractivity contribution in [2.45, 2.75) is 57.9 Å². The summed E-state index contributed by atoms with van der Waals surface area (Å²) in [7, 11) is 0. The third-order valence-corrected chi connectivity index (χ3v) is 4.35. The lowest BCUT2D eigenvalue weighted by atomic mass is 9.88. The zero-order chi connectivity index (χ0) is 13.7. The number of hydrogen-bond acceptors (Lipinski definition) is 3. The number of Topliss-reactive ketones (excluding diaryl/α,β-unsaturated/α-hetero) is 1. The van der Waals surface area contributed by atoms with Crippen molar-refractivity contribution in [1.82, 2.24) is 4.90 Å². The molecule has 1 aliphatic carbocycles. The van der Waals surface area contributed by atoms with Gasteiger partial charge in [0.25, 0.3) is 0 Å². The molecule has 0 bridgehead atoms. The summed E-state index contributed by atoms with van der Waals surface area (Å²) < 4.78 is 5.26. The van der Waals surface area contributed by atoms with E-state index >= 15 is 0 Å². The van der Waals surface area contributed by atoms with Crippen molar-refractivity contribution < 1.29 is 14.3 Å². The monoisotopic (exact) mass is 267 g/mol. The predicted molar refractivity (Wildman–Crippen MR) is 72.8 cm³/mol. The van der Waals surface area contributed by atoms with Crippen molar-refractivity contribution >= 4 is 11.7 Å². The highest BCUT2D eigenvalue weighted by Gasteiger charge is 2.38. The Kier molecular flexibility index (Phi) is 5.37. The van der Waals surface area contributed by atoms with Gasteiger partial charge in [-0.05, 0) is 39.0 Å². The van der Waals surface area contributed by atoms with Crippen LogP contribution < -0.4 is 0 Å². The number of likely N-dealkylation sites (tertiary alicyclic amines) is 1. The van der Waals surface area contributed by atoms with Gasteiger partial charge in [-0.3, -0.25) is 9.59 Å². The van der Waals surface area contributed by atoms with Crippen molar-refractivity contribution in [3.63, 3.8) is 0 Å². The average Bonchev–Trinajstić information content (AvgIpc) is 2.85. The highest BCUT2D eigenvalue weighted by Crippen LogP contribution is 2.32. The van der Waals surface area contributed by atoms with Crippen LogP contribution in [-0.4, -0.2) is 42.4 Å². The molecule has 2 unspecified atom stereocenters. The lowest BCUT2D eigenvalue weighted by Gasteiger charge is -2.38. The third kappa shape index (κ3) is 3.56. The van der Waals surface area contributed by atoms with E-state index in [4.69, 9.17) is 4.74 Å². The fourth-order valence-electron chi connectivity index (χ4n) is 3.38. The fraction of sp³-hybridized carbons (Fsp3) is 0.867. The second kappa shape index (κ2) is 7.04. The van der Waals surface area contributed by atoms with Crippen molar-refractivity contribution in [2.75, 3.05) is 19.8 Å². The van der Waals surface area contributed by atoms with Crippen LogP contribution in [0.3, 0.4) is 0 Å². The molecule has 1 aliphatic heterocycles. The van der Waals surface area contributed by atoms with Gasteiger partial charge in [0.05, 0.1) is 13.0 Å². The Labute approximate surface area is 115 Å².